The number of carbonyl (C=O) groups is 2. The Balaban J connectivity index is 1.63. The van der Waals surface area contributed by atoms with Gasteiger partial charge in [0.2, 0.25) is 0 Å². The molecule has 1 aliphatic heterocycles. The molecular weight excluding hydrogens is 328 g/mol. The van der Waals surface area contributed by atoms with Gasteiger partial charge in [0.25, 0.3) is 5.91 Å². The number of amides is 3. The number of rotatable bonds is 3. The van der Waals surface area contributed by atoms with Crippen molar-refractivity contribution in [1.82, 2.24) is 29.9 Å². The second-order valence-electron chi connectivity index (χ2n) is 5.90. The van der Waals surface area contributed by atoms with Crippen LogP contribution in [0.25, 0.3) is 0 Å². The van der Waals surface area contributed by atoms with Crippen LogP contribution >= 0.6 is 11.3 Å². The number of hydrogen-bond acceptors (Lipinski definition) is 5. The summed E-state index contributed by atoms with van der Waals surface area (Å²) in [6.45, 7) is 4.01. The van der Waals surface area contributed by atoms with Gasteiger partial charge in [-0.3, -0.25) is 9.48 Å². The Morgan fingerprint density at radius 3 is 2.83 bits per heavy atom. The first-order valence-corrected chi connectivity index (χ1v) is 8.54. The van der Waals surface area contributed by atoms with E-state index < -0.39 is 0 Å². The maximum atomic E-state index is 12.1. The second-order valence-corrected chi connectivity index (χ2v) is 6.75. The van der Waals surface area contributed by atoms with Crippen LogP contribution in [0.4, 0.5) is 4.79 Å². The van der Waals surface area contributed by atoms with Crippen LogP contribution in [0.1, 0.15) is 26.8 Å². The molecule has 3 rings (SSSR count). The highest BCUT2D eigenvalue weighted by Gasteiger charge is 2.23. The van der Waals surface area contributed by atoms with Gasteiger partial charge in [-0.2, -0.15) is 5.10 Å². The van der Waals surface area contributed by atoms with E-state index in [1.165, 1.54) is 11.3 Å². The number of carbonyl (C=O) groups excluding carboxylic acids is 2. The van der Waals surface area contributed by atoms with E-state index in [4.69, 9.17) is 0 Å². The summed E-state index contributed by atoms with van der Waals surface area (Å²) < 4.78 is 1.90. The minimum atomic E-state index is -0.134. The summed E-state index contributed by atoms with van der Waals surface area (Å²) in [4.78, 5) is 32.3. The molecule has 0 aliphatic carbocycles. The molecule has 0 saturated heterocycles. The van der Waals surface area contributed by atoms with Gasteiger partial charge >= 0.3 is 6.03 Å². The Hall–Kier alpha value is -2.42. The van der Waals surface area contributed by atoms with Gasteiger partial charge in [-0.1, -0.05) is 0 Å². The molecule has 0 spiro atoms. The number of hydrogen-bond donors (Lipinski definition) is 1. The van der Waals surface area contributed by atoms with E-state index in [9.17, 15) is 9.59 Å². The van der Waals surface area contributed by atoms with Crippen molar-refractivity contribution in [3.05, 3.63) is 33.5 Å². The van der Waals surface area contributed by atoms with E-state index in [1.54, 1.807) is 29.4 Å². The van der Waals surface area contributed by atoms with Crippen LogP contribution in [0.5, 0.6) is 0 Å². The summed E-state index contributed by atoms with van der Waals surface area (Å²) in [5, 5.41) is 7.37. The number of nitrogens with one attached hydrogen (secondary N) is 1. The normalized spacial score (nSPS) is 13.5. The summed E-state index contributed by atoms with van der Waals surface area (Å²) in [5.41, 5.74) is 4.17. The zero-order chi connectivity index (χ0) is 17.3. The molecule has 1 aliphatic rings. The molecule has 0 aromatic carbocycles. The number of fused-ring (bicyclic) bond motifs is 1. The molecule has 0 bridgehead atoms. The lowest BCUT2D eigenvalue weighted by Gasteiger charge is -2.29. The smallest absolute Gasteiger partial charge is 0.319 e. The lowest BCUT2D eigenvalue weighted by molar-refractivity contribution is 0.0953. The average Bonchev–Trinajstić information content (AvgIpc) is 3.16. The van der Waals surface area contributed by atoms with Crippen molar-refractivity contribution in [3.8, 4) is 0 Å². The Morgan fingerprint density at radius 2 is 2.17 bits per heavy atom. The number of thiazole rings is 1. The standard InChI is InChI=1S/C15H20N6O2S/c1-10-13(24-9-17-10)14(22)16-7-11-6-12-8-20(15(23)19(2)3)4-5-21(12)18-11/h6,9H,4-5,7-8H2,1-3H3,(H,16,22). The fourth-order valence-electron chi connectivity index (χ4n) is 2.63. The lowest BCUT2D eigenvalue weighted by Crippen LogP contribution is -2.43. The van der Waals surface area contributed by atoms with E-state index in [0.29, 0.717) is 31.1 Å². The van der Waals surface area contributed by atoms with Crippen LogP contribution in [0.2, 0.25) is 0 Å². The third-order valence-corrected chi connectivity index (χ3v) is 4.81. The van der Waals surface area contributed by atoms with Gasteiger partial charge in [-0.05, 0) is 13.0 Å². The monoisotopic (exact) mass is 348 g/mol. The summed E-state index contributed by atoms with van der Waals surface area (Å²) >= 11 is 1.33. The van der Waals surface area contributed by atoms with Gasteiger partial charge in [0, 0.05) is 20.6 Å². The van der Waals surface area contributed by atoms with Gasteiger partial charge in [0.1, 0.15) is 4.88 Å². The van der Waals surface area contributed by atoms with Crippen molar-refractivity contribution in [2.24, 2.45) is 0 Å². The van der Waals surface area contributed by atoms with Gasteiger partial charge < -0.3 is 15.1 Å². The van der Waals surface area contributed by atoms with E-state index in [1.807, 2.05) is 17.7 Å². The highest BCUT2D eigenvalue weighted by Crippen LogP contribution is 2.15. The Morgan fingerprint density at radius 1 is 1.38 bits per heavy atom. The third-order valence-electron chi connectivity index (χ3n) is 3.88. The van der Waals surface area contributed by atoms with E-state index >= 15 is 0 Å². The summed E-state index contributed by atoms with van der Waals surface area (Å²) in [6.07, 6.45) is 0. The number of aryl methyl sites for hydroxylation is 1. The summed E-state index contributed by atoms with van der Waals surface area (Å²) in [5.74, 6) is -0.134. The maximum absolute atomic E-state index is 12.1. The number of urea groups is 1. The molecule has 0 radical (unpaired) electrons. The van der Waals surface area contributed by atoms with Gasteiger partial charge in [0.15, 0.2) is 0 Å². The van der Waals surface area contributed by atoms with E-state index in [2.05, 4.69) is 15.4 Å². The molecule has 3 heterocycles. The second kappa shape index (κ2) is 6.60. The molecule has 0 atom stereocenters. The predicted molar refractivity (Wildman–Crippen MR) is 89.7 cm³/mol. The molecule has 0 unspecified atom stereocenters. The molecule has 1 N–H and O–H groups in total. The molecule has 24 heavy (non-hydrogen) atoms. The first-order chi connectivity index (χ1) is 11.5. The Bertz CT molecular complexity index is 766. The van der Waals surface area contributed by atoms with Crippen LogP contribution in [0.15, 0.2) is 11.6 Å². The van der Waals surface area contributed by atoms with E-state index in [0.717, 1.165) is 17.1 Å². The fourth-order valence-corrected chi connectivity index (χ4v) is 3.35. The van der Waals surface area contributed by atoms with Crippen molar-refractivity contribution < 1.29 is 9.59 Å². The minimum Gasteiger partial charge on any atom is -0.346 e. The number of aromatic nitrogens is 3. The molecule has 8 nitrogen and oxygen atoms in total. The van der Waals surface area contributed by atoms with Crippen molar-refractivity contribution in [2.75, 3.05) is 20.6 Å². The SMILES string of the molecule is Cc1ncsc1C(=O)NCc1cc2n(n1)CCN(C(=O)N(C)C)C2. The molecule has 0 fully saturated rings. The van der Waals surface area contributed by atoms with Crippen molar-refractivity contribution >= 4 is 23.3 Å². The highest BCUT2D eigenvalue weighted by atomic mass is 32.1. The highest BCUT2D eigenvalue weighted by molar-refractivity contribution is 7.11. The first kappa shape index (κ1) is 16.4. The summed E-state index contributed by atoms with van der Waals surface area (Å²) in [6, 6.07) is 1.94. The van der Waals surface area contributed by atoms with Crippen LogP contribution < -0.4 is 5.32 Å². The summed E-state index contributed by atoms with van der Waals surface area (Å²) in [7, 11) is 3.49. The van der Waals surface area contributed by atoms with Gasteiger partial charge in [-0.15, -0.1) is 11.3 Å². The molecule has 2 aromatic heterocycles. The molecule has 2 aromatic rings. The largest absolute Gasteiger partial charge is 0.346 e. The van der Waals surface area contributed by atoms with Gasteiger partial charge in [-0.25, -0.2) is 9.78 Å². The molecule has 3 amide bonds. The van der Waals surface area contributed by atoms with Crippen molar-refractivity contribution in [1.29, 1.82) is 0 Å². The van der Waals surface area contributed by atoms with Crippen LogP contribution in [0.3, 0.4) is 0 Å². The number of nitrogens with zero attached hydrogens (tertiary/aromatic N) is 5. The first-order valence-electron chi connectivity index (χ1n) is 7.66. The molecule has 9 heteroatoms. The molecular formula is C15H20N6O2S. The predicted octanol–water partition coefficient (Wildman–Crippen LogP) is 1.08. The lowest BCUT2D eigenvalue weighted by atomic mass is 10.3. The van der Waals surface area contributed by atoms with Crippen molar-refractivity contribution in [2.45, 2.75) is 26.6 Å². The zero-order valence-electron chi connectivity index (χ0n) is 13.9. The third kappa shape index (κ3) is 3.25. The van der Waals surface area contributed by atoms with Crippen LogP contribution in [0, 0.1) is 6.92 Å². The maximum Gasteiger partial charge on any atom is 0.319 e. The van der Waals surface area contributed by atoms with Gasteiger partial charge in [0.05, 0.1) is 42.2 Å². The topological polar surface area (TPSA) is 83.4 Å². The molecule has 0 saturated carbocycles. The Labute approximate surface area is 144 Å². The molecule has 128 valence electrons. The van der Waals surface area contributed by atoms with Crippen molar-refractivity contribution in [3.63, 3.8) is 0 Å². The minimum absolute atomic E-state index is 0.00188. The fraction of sp³-hybridized carbons (Fsp3) is 0.467. The van der Waals surface area contributed by atoms with Crippen LogP contribution in [-0.4, -0.2) is 57.1 Å². The average molecular weight is 348 g/mol. The van der Waals surface area contributed by atoms with Crippen LogP contribution in [-0.2, 0) is 19.6 Å². The quantitative estimate of drug-likeness (QED) is 0.899. The van der Waals surface area contributed by atoms with E-state index in [-0.39, 0.29) is 11.9 Å². The Kier molecular flexibility index (Phi) is 4.52. The zero-order valence-corrected chi connectivity index (χ0v) is 14.8.